The number of allylic oxidation sites excluding steroid dienone is 1. The predicted molar refractivity (Wildman–Crippen MR) is 99.3 cm³/mol. The van der Waals surface area contributed by atoms with Crippen LogP contribution < -0.4 is 20.1 Å². The van der Waals surface area contributed by atoms with Crippen molar-refractivity contribution in [3.63, 3.8) is 0 Å². The average molecular weight is 347 g/mol. The van der Waals surface area contributed by atoms with Crippen molar-refractivity contribution in [2.75, 3.05) is 53.0 Å². The molecule has 0 saturated carbocycles. The van der Waals surface area contributed by atoms with Crippen LogP contribution in [0.2, 0.25) is 0 Å². The second-order valence-electron chi connectivity index (χ2n) is 6.06. The van der Waals surface area contributed by atoms with E-state index in [1.165, 1.54) is 0 Å². The standard InChI is InChI=1S/C19H29N3O3/c1-3-5-16-6-7-17(18(14-16)24-2)25-15-19(23)21-8-4-11-22-12-9-20-10-13-22/h3,6-7,14,20H,1,4-5,8-13,15H2,2H3,(H,21,23). The van der Waals surface area contributed by atoms with E-state index in [1.54, 1.807) is 7.11 Å². The minimum Gasteiger partial charge on any atom is -0.493 e. The smallest absolute Gasteiger partial charge is 0.257 e. The van der Waals surface area contributed by atoms with Gasteiger partial charge < -0.3 is 25.0 Å². The number of ether oxygens (including phenoxy) is 2. The number of nitrogens with zero attached hydrogens (tertiary/aromatic N) is 1. The SMILES string of the molecule is C=CCc1ccc(OCC(=O)NCCCN2CCNCC2)c(OC)c1. The number of benzene rings is 1. The molecule has 0 aromatic heterocycles. The summed E-state index contributed by atoms with van der Waals surface area (Å²) < 4.78 is 10.9. The summed E-state index contributed by atoms with van der Waals surface area (Å²) in [6.45, 7) is 9.66. The van der Waals surface area contributed by atoms with Crippen molar-refractivity contribution in [2.24, 2.45) is 0 Å². The zero-order valence-electron chi connectivity index (χ0n) is 15.1. The fourth-order valence-electron chi connectivity index (χ4n) is 2.78. The molecule has 2 rings (SSSR count). The molecule has 0 aliphatic carbocycles. The number of hydrogen-bond donors (Lipinski definition) is 2. The van der Waals surface area contributed by atoms with E-state index in [0.717, 1.165) is 51.1 Å². The average Bonchev–Trinajstić information content (AvgIpc) is 2.65. The maximum absolute atomic E-state index is 11.9. The molecular formula is C19H29N3O3. The van der Waals surface area contributed by atoms with Gasteiger partial charge in [-0.3, -0.25) is 4.79 Å². The van der Waals surface area contributed by atoms with Crippen molar-refractivity contribution < 1.29 is 14.3 Å². The van der Waals surface area contributed by atoms with Crippen molar-refractivity contribution >= 4 is 5.91 Å². The minimum atomic E-state index is -0.113. The number of carbonyl (C=O) groups is 1. The van der Waals surface area contributed by atoms with Gasteiger partial charge in [-0.05, 0) is 37.1 Å². The summed E-state index contributed by atoms with van der Waals surface area (Å²) >= 11 is 0. The molecule has 6 nitrogen and oxygen atoms in total. The van der Waals surface area contributed by atoms with Gasteiger partial charge in [-0.2, -0.15) is 0 Å². The second kappa shape index (κ2) is 10.7. The fourth-order valence-corrected chi connectivity index (χ4v) is 2.78. The van der Waals surface area contributed by atoms with Gasteiger partial charge in [0, 0.05) is 32.7 Å². The molecule has 138 valence electrons. The first-order chi connectivity index (χ1) is 12.2. The highest BCUT2D eigenvalue weighted by Crippen LogP contribution is 2.28. The van der Waals surface area contributed by atoms with Crippen molar-refractivity contribution in [1.82, 2.24) is 15.5 Å². The lowest BCUT2D eigenvalue weighted by Gasteiger charge is -2.27. The first-order valence-electron chi connectivity index (χ1n) is 8.83. The molecule has 6 heteroatoms. The normalized spacial score (nSPS) is 14.8. The summed E-state index contributed by atoms with van der Waals surface area (Å²) in [6, 6.07) is 5.68. The highest BCUT2D eigenvalue weighted by Gasteiger charge is 2.10. The molecule has 0 unspecified atom stereocenters. The lowest BCUT2D eigenvalue weighted by Crippen LogP contribution is -2.44. The number of amides is 1. The second-order valence-corrected chi connectivity index (χ2v) is 6.06. The van der Waals surface area contributed by atoms with Crippen LogP contribution in [0, 0.1) is 0 Å². The molecule has 1 aliphatic rings. The third-order valence-corrected chi connectivity index (χ3v) is 4.15. The van der Waals surface area contributed by atoms with Crippen LogP contribution >= 0.6 is 0 Å². The molecule has 0 radical (unpaired) electrons. The number of carbonyl (C=O) groups excluding carboxylic acids is 1. The van der Waals surface area contributed by atoms with Gasteiger partial charge in [0.15, 0.2) is 18.1 Å². The molecule has 1 amide bonds. The Labute approximate surface area is 150 Å². The summed E-state index contributed by atoms with van der Waals surface area (Å²) in [5, 5.41) is 6.23. The Morgan fingerprint density at radius 2 is 2.16 bits per heavy atom. The first kappa shape index (κ1) is 19.3. The molecule has 1 aromatic rings. The van der Waals surface area contributed by atoms with Crippen LogP contribution in [0.25, 0.3) is 0 Å². The Morgan fingerprint density at radius 1 is 1.36 bits per heavy atom. The maximum Gasteiger partial charge on any atom is 0.257 e. The third-order valence-electron chi connectivity index (χ3n) is 4.15. The predicted octanol–water partition coefficient (Wildman–Crippen LogP) is 1.21. The van der Waals surface area contributed by atoms with E-state index in [2.05, 4.69) is 22.1 Å². The van der Waals surface area contributed by atoms with E-state index in [1.807, 2.05) is 24.3 Å². The number of piperazine rings is 1. The van der Waals surface area contributed by atoms with Gasteiger partial charge in [-0.1, -0.05) is 12.1 Å². The van der Waals surface area contributed by atoms with Gasteiger partial charge in [0.05, 0.1) is 7.11 Å². The van der Waals surface area contributed by atoms with E-state index in [0.29, 0.717) is 18.0 Å². The van der Waals surface area contributed by atoms with Gasteiger partial charge >= 0.3 is 0 Å². The Balaban J connectivity index is 1.67. The molecular weight excluding hydrogens is 318 g/mol. The number of hydrogen-bond acceptors (Lipinski definition) is 5. The Kier molecular flexibility index (Phi) is 8.28. The number of nitrogens with one attached hydrogen (secondary N) is 2. The lowest BCUT2D eigenvalue weighted by atomic mass is 10.1. The molecule has 0 atom stereocenters. The number of rotatable bonds is 10. The molecule has 0 bridgehead atoms. The van der Waals surface area contributed by atoms with Gasteiger partial charge in [0.25, 0.3) is 5.91 Å². The van der Waals surface area contributed by atoms with Gasteiger partial charge in [-0.15, -0.1) is 6.58 Å². The molecule has 1 heterocycles. The number of methoxy groups -OCH3 is 1. The topological polar surface area (TPSA) is 62.8 Å². The highest BCUT2D eigenvalue weighted by molar-refractivity contribution is 5.77. The summed E-state index contributed by atoms with van der Waals surface area (Å²) in [5.41, 5.74) is 1.09. The van der Waals surface area contributed by atoms with Crippen LogP contribution in [0.1, 0.15) is 12.0 Å². The molecule has 1 saturated heterocycles. The maximum atomic E-state index is 11.9. The monoisotopic (exact) mass is 347 g/mol. The third kappa shape index (κ3) is 6.76. The van der Waals surface area contributed by atoms with Gasteiger partial charge in [-0.25, -0.2) is 0 Å². The fraction of sp³-hybridized carbons (Fsp3) is 0.526. The van der Waals surface area contributed by atoms with Gasteiger partial charge in [0.2, 0.25) is 0 Å². The molecule has 2 N–H and O–H groups in total. The quantitative estimate of drug-likeness (QED) is 0.492. The van der Waals surface area contributed by atoms with E-state index in [-0.39, 0.29) is 12.5 Å². The largest absolute Gasteiger partial charge is 0.493 e. The molecule has 1 fully saturated rings. The van der Waals surface area contributed by atoms with E-state index >= 15 is 0 Å². The summed E-state index contributed by atoms with van der Waals surface area (Å²) in [4.78, 5) is 14.3. The van der Waals surface area contributed by atoms with E-state index < -0.39 is 0 Å². The zero-order valence-corrected chi connectivity index (χ0v) is 15.1. The molecule has 1 aliphatic heterocycles. The first-order valence-corrected chi connectivity index (χ1v) is 8.83. The highest BCUT2D eigenvalue weighted by atomic mass is 16.5. The lowest BCUT2D eigenvalue weighted by molar-refractivity contribution is -0.123. The minimum absolute atomic E-state index is 0.00913. The van der Waals surface area contributed by atoms with Crippen molar-refractivity contribution in [1.29, 1.82) is 0 Å². The van der Waals surface area contributed by atoms with Crippen LogP contribution in [0.3, 0.4) is 0 Å². The molecule has 1 aromatic carbocycles. The molecule has 0 spiro atoms. The van der Waals surface area contributed by atoms with Crippen LogP contribution in [0.15, 0.2) is 30.9 Å². The van der Waals surface area contributed by atoms with Crippen molar-refractivity contribution in [3.8, 4) is 11.5 Å². The summed E-state index contributed by atoms with van der Waals surface area (Å²) in [7, 11) is 1.59. The van der Waals surface area contributed by atoms with E-state index in [9.17, 15) is 4.79 Å². The van der Waals surface area contributed by atoms with Crippen LogP contribution in [0.5, 0.6) is 11.5 Å². The van der Waals surface area contributed by atoms with Crippen LogP contribution in [0.4, 0.5) is 0 Å². The van der Waals surface area contributed by atoms with Crippen LogP contribution in [-0.4, -0.2) is 63.8 Å². The summed E-state index contributed by atoms with van der Waals surface area (Å²) in [6.07, 6.45) is 3.55. The van der Waals surface area contributed by atoms with E-state index in [4.69, 9.17) is 9.47 Å². The Morgan fingerprint density at radius 3 is 2.88 bits per heavy atom. The van der Waals surface area contributed by atoms with Crippen molar-refractivity contribution in [3.05, 3.63) is 36.4 Å². The Bertz CT molecular complexity index is 557. The Hall–Kier alpha value is -2.05. The van der Waals surface area contributed by atoms with Crippen LogP contribution in [-0.2, 0) is 11.2 Å². The van der Waals surface area contributed by atoms with Gasteiger partial charge in [0.1, 0.15) is 0 Å². The summed E-state index contributed by atoms with van der Waals surface area (Å²) in [5.74, 6) is 1.09. The zero-order chi connectivity index (χ0) is 17.9. The van der Waals surface area contributed by atoms with Crippen molar-refractivity contribution in [2.45, 2.75) is 12.8 Å². The molecule has 25 heavy (non-hydrogen) atoms.